The van der Waals surface area contributed by atoms with E-state index in [-0.39, 0.29) is 47.1 Å². The van der Waals surface area contributed by atoms with E-state index in [0.717, 1.165) is 17.3 Å². The summed E-state index contributed by atoms with van der Waals surface area (Å²) in [6, 6.07) is 28.5. The SMILES string of the molecule is COc1ccccc1CC(C(=O)c1ccc(OCc2ccccc2)cc1)=C(C(=O)[O-])c1ccc2nsnc2c1.[Na+]. The summed E-state index contributed by atoms with van der Waals surface area (Å²) < 4.78 is 19.7. The molecule has 0 spiro atoms. The van der Waals surface area contributed by atoms with Crippen molar-refractivity contribution in [1.82, 2.24) is 8.75 Å². The van der Waals surface area contributed by atoms with Gasteiger partial charge in [0, 0.05) is 23.1 Å². The smallest absolute Gasteiger partial charge is 0.545 e. The number of para-hydroxylation sites is 1. The Morgan fingerprint density at radius 3 is 2.23 bits per heavy atom. The number of carbonyl (C=O) groups is 2. The van der Waals surface area contributed by atoms with Crippen molar-refractivity contribution in [2.24, 2.45) is 0 Å². The van der Waals surface area contributed by atoms with Crippen LogP contribution in [0.1, 0.15) is 27.0 Å². The van der Waals surface area contributed by atoms with Crippen LogP contribution >= 0.6 is 11.7 Å². The van der Waals surface area contributed by atoms with Crippen molar-refractivity contribution < 1.29 is 53.7 Å². The molecule has 7 nitrogen and oxygen atoms in total. The molecule has 0 fully saturated rings. The fraction of sp³-hybridized carbons (Fsp3) is 0.0968. The Hall–Kier alpha value is -3.82. The average Bonchev–Trinajstić information content (AvgIpc) is 3.44. The first-order valence-electron chi connectivity index (χ1n) is 12.1. The molecule has 5 aromatic rings. The van der Waals surface area contributed by atoms with Gasteiger partial charge >= 0.3 is 29.6 Å². The van der Waals surface area contributed by atoms with Crippen LogP contribution in [0.15, 0.2) is 103 Å². The van der Waals surface area contributed by atoms with Gasteiger partial charge in [0.1, 0.15) is 29.1 Å². The number of aromatic nitrogens is 2. The first-order valence-corrected chi connectivity index (χ1v) is 12.9. The van der Waals surface area contributed by atoms with E-state index < -0.39 is 11.8 Å². The third-order valence-electron chi connectivity index (χ3n) is 6.25. The molecule has 1 aromatic heterocycles. The molecule has 0 amide bonds. The number of carboxylic acid groups (broad SMARTS) is 1. The summed E-state index contributed by atoms with van der Waals surface area (Å²) in [6.07, 6.45) is 0.0196. The zero-order valence-electron chi connectivity index (χ0n) is 22.0. The van der Waals surface area contributed by atoms with Crippen molar-refractivity contribution in [1.29, 1.82) is 0 Å². The van der Waals surface area contributed by atoms with Gasteiger partial charge in [-0.05, 0) is 59.2 Å². The number of methoxy groups -OCH3 is 1. The number of hydrogen-bond acceptors (Lipinski definition) is 8. The molecule has 0 saturated carbocycles. The summed E-state index contributed by atoms with van der Waals surface area (Å²) in [7, 11) is 1.53. The Morgan fingerprint density at radius 2 is 1.50 bits per heavy atom. The van der Waals surface area contributed by atoms with Gasteiger partial charge in [0.2, 0.25) is 0 Å². The minimum absolute atomic E-state index is 0. The van der Waals surface area contributed by atoms with E-state index in [1.807, 2.05) is 42.5 Å². The van der Waals surface area contributed by atoms with Crippen molar-refractivity contribution in [2.45, 2.75) is 13.0 Å². The third kappa shape index (κ3) is 6.66. The van der Waals surface area contributed by atoms with Crippen molar-refractivity contribution in [3.63, 3.8) is 0 Å². The zero-order chi connectivity index (χ0) is 27.2. The molecule has 9 heteroatoms. The molecule has 0 radical (unpaired) electrons. The molecule has 0 atom stereocenters. The summed E-state index contributed by atoms with van der Waals surface area (Å²) >= 11 is 1.03. The number of ether oxygens (including phenoxy) is 2. The Morgan fingerprint density at radius 1 is 0.825 bits per heavy atom. The first kappa shape index (κ1) is 29.2. The van der Waals surface area contributed by atoms with Crippen molar-refractivity contribution in [2.75, 3.05) is 7.11 Å². The fourth-order valence-corrected chi connectivity index (χ4v) is 4.81. The van der Waals surface area contributed by atoms with Crippen molar-refractivity contribution in [3.8, 4) is 11.5 Å². The molecular weight excluding hydrogens is 535 g/mol. The topological polar surface area (TPSA) is 101 Å². The van der Waals surface area contributed by atoms with Gasteiger partial charge in [-0.3, -0.25) is 4.79 Å². The number of ketones is 1. The van der Waals surface area contributed by atoms with Gasteiger partial charge < -0.3 is 19.4 Å². The van der Waals surface area contributed by atoms with Crippen LogP contribution in [0, 0.1) is 0 Å². The summed E-state index contributed by atoms with van der Waals surface area (Å²) in [5, 5.41) is 12.6. The van der Waals surface area contributed by atoms with Crippen molar-refractivity contribution >= 4 is 40.1 Å². The van der Waals surface area contributed by atoms with Crippen LogP contribution in [0.5, 0.6) is 11.5 Å². The number of aliphatic carboxylic acids is 1. The van der Waals surface area contributed by atoms with Crippen LogP contribution in [0.4, 0.5) is 0 Å². The Labute approximate surface area is 257 Å². The molecule has 0 aliphatic heterocycles. The van der Waals surface area contributed by atoms with Crippen LogP contribution in [0.3, 0.4) is 0 Å². The third-order valence-corrected chi connectivity index (χ3v) is 6.80. The number of nitrogens with zero attached hydrogens (tertiary/aromatic N) is 2. The molecule has 0 aliphatic carbocycles. The molecule has 0 bridgehead atoms. The minimum atomic E-state index is -1.46. The van der Waals surface area contributed by atoms with Crippen molar-refractivity contribution in [3.05, 3.63) is 125 Å². The fourth-order valence-electron chi connectivity index (χ4n) is 4.29. The quantitative estimate of drug-likeness (QED) is 0.147. The monoisotopic (exact) mass is 558 g/mol. The molecule has 4 aromatic carbocycles. The normalized spacial score (nSPS) is 11.3. The van der Waals surface area contributed by atoms with E-state index in [2.05, 4.69) is 8.75 Å². The number of carboxylic acids is 1. The molecule has 40 heavy (non-hydrogen) atoms. The molecule has 5 rings (SSSR count). The van der Waals surface area contributed by atoms with E-state index in [0.29, 0.717) is 45.8 Å². The predicted molar refractivity (Wildman–Crippen MR) is 148 cm³/mol. The van der Waals surface area contributed by atoms with Gasteiger partial charge in [-0.1, -0.05) is 54.6 Å². The molecule has 0 aliphatic rings. The van der Waals surface area contributed by atoms with Gasteiger partial charge in [0.15, 0.2) is 5.78 Å². The van der Waals surface area contributed by atoms with Crippen LogP contribution in [-0.4, -0.2) is 27.6 Å². The maximum Gasteiger partial charge on any atom is 1.00 e. The number of fused-ring (bicyclic) bond motifs is 1. The largest absolute Gasteiger partial charge is 1.00 e. The molecular formula is C31H23N2NaO5S. The van der Waals surface area contributed by atoms with E-state index in [1.165, 1.54) is 7.11 Å². The molecule has 0 N–H and O–H groups in total. The molecule has 0 unspecified atom stereocenters. The second-order valence-electron chi connectivity index (χ2n) is 8.73. The zero-order valence-corrected chi connectivity index (χ0v) is 24.8. The van der Waals surface area contributed by atoms with Gasteiger partial charge in [0.25, 0.3) is 0 Å². The standard InChI is InChI=1S/C31H24N2O5S.Na/c1-37-28-10-6-5-9-22(28)17-25(29(31(35)36)23-13-16-26-27(18-23)33-39-32-26)30(34)21-11-14-24(15-12-21)38-19-20-7-3-2-4-8-20;/h2-16,18H,17,19H2,1H3,(H,35,36);/q;+1/p-1. The number of Topliss-reactive ketones (excluding diaryl/α,β-unsaturated/α-hetero) is 1. The maximum absolute atomic E-state index is 13.9. The summed E-state index contributed by atoms with van der Waals surface area (Å²) in [4.78, 5) is 26.5. The van der Waals surface area contributed by atoms with E-state index in [4.69, 9.17) is 9.47 Å². The number of carbonyl (C=O) groups excluding carboxylic acids is 2. The Bertz CT molecular complexity index is 1670. The number of hydrogen-bond donors (Lipinski definition) is 0. The summed E-state index contributed by atoms with van der Waals surface area (Å²) in [5.74, 6) is -0.763. The minimum Gasteiger partial charge on any atom is -0.545 e. The second kappa shape index (κ2) is 13.5. The molecule has 0 saturated heterocycles. The number of rotatable bonds is 10. The molecule has 1 heterocycles. The average molecular weight is 559 g/mol. The Balaban J connectivity index is 0.00000370. The Kier molecular flexibility index (Phi) is 9.84. The van der Waals surface area contributed by atoms with Crippen LogP contribution in [0.2, 0.25) is 0 Å². The van der Waals surface area contributed by atoms with E-state index >= 15 is 0 Å². The van der Waals surface area contributed by atoms with E-state index in [9.17, 15) is 14.7 Å². The van der Waals surface area contributed by atoms with Gasteiger partial charge in [-0.2, -0.15) is 8.75 Å². The van der Waals surface area contributed by atoms with Crippen LogP contribution < -0.4 is 44.1 Å². The van der Waals surface area contributed by atoms with Gasteiger partial charge in [-0.25, -0.2) is 0 Å². The van der Waals surface area contributed by atoms with E-state index in [1.54, 1.807) is 54.6 Å². The summed E-state index contributed by atoms with van der Waals surface area (Å²) in [5.41, 5.74) is 3.38. The summed E-state index contributed by atoms with van der Waals surface area (Å²) in [6.45, 7) is 0.385. The number of benzene rings is 4. The number of allylic oxidation sites excluding steroid dienone is 1. The van der Waals surface area contributed by atoms with Gasteiger partial charge in [0.05, 0.1) is 24.8 Å². The van der Waals surface area contributed by atoms with Crippen LogP contribution in [-0.2, 0) is 17.8 Å². The predicted octanol–water partition coefficient (Wildman–Crippen LogP) is 1.91. The maximum atomic E-state index is 13.9. The first-order chi connectivity index (χ1) is 19.0. The molecule has 194 valence electrons. The van der Waals surface area contributed by atoms with Crippen LogP contribution in [0.25, 0.3) is 16.6 Å². The second-order valence-corrected chi connectivity index (χ2v) is 9.25. The van der Waals surface area contributed by atoms with Gasteiger partial charge in [-0.15, -0.1) is 0 Å².